The van der Waals surface area contributed by atoms with Gasteiger partial charge in [0, 0.05) is 5.25 Å². The summed E-state index contributed by atoms with van der Waals surface area (Å²) in [5.74, 6) is 1.33. The van der Waals surface area contributed by atoms with Crippen molar-refractivity contribution >= 4 is 11.8 Å². The average Bonchev–Trinajstić information content (AvgIpc) is 2.04. The lowest BCUT2D eigenvalue weighted by Gasteiger charge is -2.06. The standard InChI is InChI=1S/C9H21NS/c1-4-9(2)11-8-6-5-7-10-3/h9-10H,4-8H2,1-3H3. The van der Waals surface area contributed by atoms with Crippen LogP contribution in [0.1, 0.15) is 33.1 Å². The SMILES string of the molecule is CCC(C)SCCCCNC. The van der Waals surface area contributed by atoms with Gasteiger partial charge in [-0.1, -0.05) is 13.8 Å². The number of hydrogen-bond donors (Lipinski definition) is 1. The molecule has 0 aliphatic rings. The van der Waals surface area contributed by atoms with E-state index in [0.717, 1.165) is 5.25 Å². The molecule has 68 valence electrons. The van der Waals surface area contributed by atoms with E-state index in [4.69, 9.17) is 0 Å². The maximum atomic E-state index is 3.16. The molecule has 0 saturated carbocycles. The molecule has 0 heterocycles. The van der Waals surface area contributed by atoms with Crippen LogP contribution in [0.15, 0.2) is 0 Å². The molecule has 1 nitrogen and oxygen atoms in total. The predicted octanol–water partition coefficient (Wildman–Crippen LogP) is 2.52. The third kappa shape index (κ3) is 8.21. The van der Waals surface area contributed by atoms with Crippen LogP contribution in [0.25, 0.3) is 0 Å². The molecule has 1 atom stereocenters. The van der Waals surface area contributed by atoms with Gasteiger partial charge >= 0.3 is 0 Å². The van der Waals surface area contributed by atoms with Crippen molar-refractivity contribution in [3.63, 3.8) is 0 Å². The van der Waals surface area contributed by atoms with E-state index in [9.17, 15) is 0 Å². The van der Waals surface area contributed by atoms with Gasteiger partial charge in [0.05, 0.1) is 0 Å². The molecule has 0 aromatic rings. The summed E-state index contributed by atoms with van der Waals surface area (Å²) in [6.07, 6.45) is 3.98. The predicted molar refractivity (Wildman–Crippen MR) is 55.4 cm³/mol. The number of unbranched alkanes of at least 4 members (excludes halogenated alkanes) is 1. The van der Waals surface area contributed by atoms with Crippen LogP contribution < -0.4 is 5.32 Å². The lowest BCUT2D eigenvalue weighted by Crippen LogP contribution is -2.07. The molecule has 0 aliphatic heterocycles. The zero-order valence-corrected chi connectivity index (χ0v) is 8.84. The molecule has 0 rings (SSSR count). The summed E-state index contributed by atoms with van der Waals surface area (Å²) in [4.78, 5) is 0. The molecule has 0 aromatic carbocycles. The van der Waals surface area contributed by atoms with Crippen LogP contribution in [0.3, 0.4) is 0 Å². The van der Waals surface area contributed by atoms with Gasteiger partial charge in [-0.25, -0.2) is 0 Å². The van der Waals surface area contributed by atoms with Crippen LogP contribution in [0.4, 0.5) is 0 Å². The second-order valence-electron chi connectivity index (χ2n) is 2.90. The van der Waals surface area contributed by atoms with Crippen LogP contribution in [0.2, 0.25) is 0 Å². The van der Waals surface area contributed by atoms with Gasteiger partial charge in [-0.15, -0.1) is 0 Å². The van der Waals surface area contributed by atoms with Crippen molar-refractivity contribution in [2.75, 3.05) is 19.3 Å². The van der Waals surface area contributed by atoms with E-state index in [0.29, 0.717) is 0 Å². The molecular weight excluding hydrogens is 154 g/mol. The molecule has 0 aromatic heterocycles. The zero-order chi connectivity index (χ0) is 8.53. The number of nitrogens with one attached hydrogen (secondary N) is 1. The highest BCUT2D eigenvalue weighted by Gasteiger charge is 1.97. The highest BCUT2D eigenvalue weighted by molar-refractivity contribution is 7.99. The van der Waals surface area contributed by atoms with Crippen molar-refractivity contribution in [3.8, 4) is 0 Å². The largest absolute Gasteiger partial charge is 0.320 e. The van der Waals surface area contributed by atoms with Crippen LogP contribution in [0, 0.1) is 0 Å². The molecule has 0 fully saturated rings. The van der Waals surface area contributed by atoms with Gasteiger partial charge in [0.1, 0.15) is 0 Å². The smallest absolute Gasteiger partial charge is 0.00160 e. The van der Waals surface area contributed by atoms with E-state index in [1.807, 2.05) is 7.05 Å². The minimum Gasteiger partial charge on any atom is -0.320 e. The van der Waals surface area contributed by atoms with Crippen molar-refractivity contribution in [1.29, 1.82) is 0 Å². The highest BCUT2D eigenvalue weighted by atomic mass is 32.2. The summed E-state index contributed by atoms with van der Waals surface area (Å²) in [6.45, 7) is 5.73. The van der Waals surface area contributed by atoms with Crippen molar-refractivity contribution in [3.05, 3.63) is 0 Å². The summed E-state index contributed by atoms with van der Waals surface area (Å²) in [5, 5.41) is 4.01. The summed E-state index contributed by atoms with van der Waals surface area (Å²) < 4.78 is 0. The lowest BCUT2D eigenvalue weighted by atomic mass is 10.3. The van der Waals surface area contributed by atoms with Gasteiger partial charge in [-0.05, 0) is 38.6 Å². The van der Waals surface area contributed by atoms with Crippen LogP contribution in [-0.4, -0.2) is 24.6 Å². The first kappa shape index (κ1) is 11.3. The zero-order valence-electron chi connectivity index (χ0n) is 8.02. The normalized spacial score (nSPS) is 13.4. The van der Waals surface area contributed by atoms with Crippen LogP contribution in [-0.2, 0) is 0 Å². The molecule has 0 amide bonds. The Morgan fingerprint density at radius 2 is 2.09 bits per heavy atom. The minimum absolute atomic E-state index is 0.851. The molecule has 0 spiro atoms. The average molecular weight is 175 g/mol. The fraction of sp³-hybridized carbons (Fsp3) is 1.00. The maximum absolute atomic E-state index is 3.16. The molecule has 1 N–H and O–H groups in total. The molecule has 2 heteroatoms. The van der Waals surface area contributed by atoms with Gasteiger partial charge in [0.2, 0.25) is 0 Å². The van der Waals surface area contributed by atoms with Crippen molar-refractivity contribution in [1.82, 2.24) is 5.32 Å². The molecule has 0 saturated heterocycles. The van der Waals surface area contributed by atoms with Gasteiger partial charge in [0.25, 0.3) is 0 Å². The Balaban J connectivity index is 2.89. The summed E-state index contributed by atoms with van der Waals surface area (Å²) in [6, 6.07) is 0. The van der Waals surface area contributed by atoms with E-state index >= 15 is 0 Å². The van der Waals surface area contributed by atoms with E-state index in [2.05, 4.69) is 30.9 Å². The molecule has 11 heavy (non-hydrogen) atoms. The number of rotatable bonds is 7. The minimum atomic E-state index is 0.851. The van der Waals surface area contributed by atoms with Crippen molar-refractivity contribution in [2.45, 2.75) is 38.4 Å². The topological polar surface area (TPSA) is 12.0 Å². The van der Waals surface area contributed by atoms with Gasteiger partial charge in [0.15, 0.2) is 0 Å². The van der Waals surface area contributed by atoms with E-state index in [1.54, 1.807) is 0 Å². The van der Waals surface area contributed by atoms with Crippen molar-refractivity contribution < 1.29 is 0 Å². The quantitative estimate of drug-likeness (QED) is 0.597. The molecule has 0 radical (unpaired) electrons. The summed E-state index contributed by atoms with van der Waals surface area (Å²) in [7, 11) is 2.02. The first-order valence-electron chi connectivity index (χ1n) is 4.57. The van der Waals surface area contributed by atoms with Gasteiger partial charge < -0.3 is 5.32 Å². The van der Waals surface area contributed by atoms with Crippen LogP contribution >= 0.6 is 11.8 Å². The third-order valence-corrected chi connectivity index (χ3v) is 3.23. The summed E-state index contributed by atoms with van der Waals surface area (Å²) in [5.41, 5.74) is 0. The first-order valence-corrected chi connectivity index (χ1v) is 5.62. The Hall–Kier alpha value is 0.310. The first-order chi connectivity index (χ1) is 5.31. The second kappa shape index (κ2) is 8.41. The Bertz CT molecular complexity index is 76.0. The monoisotopic (exact) mass is 175 g/mol. The van der Waals surface area contributed by atoms with Gasteiger partial charge in [-0.2, -0.15) is 11.8 Å². The van der Waals surface area contributed by atoms with E-state index in [-0.39, 0.29) is 0 Å². The van der Waals surface area contributed by atoms with E-state index < -0.39 is 0 Å². The van der Waals surface area contributed by atoms with Crippen LogP contribution in [0.5, 0.6) is 0 Å². The Kier molecular flexibility index (Phi) is 8.64. The third-order valence-electron chi connectivity index (χ3n) is 1.80. The number of thioether (sulfide) groups is 1. The second-order valence-corrected chi connectivity index (χ2v) is 4.45. The van der Waals surface area contributed by atoms with E-state index in [1.165, 1.54) is 31.6 Å². The fourth-order valence-electron chi connectivity index (χ4n) is 0.806. The Labute approximate surface area is 75.3 Å². The molecule has 0 bridgehead atoms. The molecule has 0 aliphatic carbocycles. The highest BCUT2D eigenvalue weighted by Crippen LogP contribution is 2.14. The van der Waals surface area contributed by atoms with Gasteiger partial charge in [-0.3, -0.25) is 0 Å². The van der Waals surface area contributed by atoms with Crippen molar-refractivity contribution in [2.24, 2.45) is 0 Å². The Morgan fingerprint density at radius 1 is 1.36 bits per heavy atom. The molecule has 1 unspecified atom stereocenters. The molecular formula is C9H21NS. The maximum Gasteiger partial charge on any atom is 0.00160 e. The summed E-state index contributed by atoms with van der Waals surface area (Å²) >= 11 is 2.10. The fourth-order valence-corrected chi connectivity index (χ4v) is 1.82. The lowest BCUT2D eigenvalue weighted by molar-refractivity contribution is 0.714. The Morgan fingerprint density at radius 3 is 2.64 bits per heavy atom. The number of hydrogen-bond acceptors (Lipinski definition) is 2.